The Morgan fingerprint density at radius 3 is 2.32 bits per heavy atom. The number of nitrogens with one attached hydrogen (secondary N) is 1. The van der Waals surface area contributed by atoms with Gasteiger partial charge in [-0.1, -0.05) is 19.9 Å². The third-order valence-electron chi connectivity index (χ3n) is 4.11. The molecule has 6 heteroatoms. The van der Waals surface area contributed by atoms with Crippen LogP contribution in [-0.2, 0) is 11.2 Å². The highest BCUT2D eigenvalue weighted by atomic mass is 16.6. The lowest BCUT2D eigenvalue weighted by Gasteiger charge is -2.20. The molecule has 0 spiro atoms. The summed E-state index contributed by atoms with van der Waals surface area (Å²) in [6.07, 6.45) is 1.74. The molecule has 0 saturated heterocycles. The van der Waals surface area contributed by atoms with Crippen LogP contribution >= 0.6 is 0 Å². The number of fused-ring (bicyclic) bond motifs is 1. The molecule has 2 aromatic carbocycles. The fraction of sp³-hybridized carbons (Fsp3) is 0.421. The number of aromatic hydroxyl groups is 1. The summed E-state index contributed by atoms with van der Waals surface area (Å²) in [6, 6.07) is 3.72. The summed E-state index contributed by atoms with van der Waals surface area (Å²) in [5.74, 6) is 0.176. The lowest BCUT2D eigenvalue weighted by molar-refractivity contribution is -0.134. The topological polar surface area (TPSA) is 77.0 Å². The average molecular weight is 347 g/mol. The number of esters is 1. The maximum atomic E-state index is 12.2. The molecule has 0 bridgehead atoms. The standard InChI is InChI=1S/C19H25NO5/c1-6-8-13(21)25-17-14-12(10-9-11(7-2)15(14)20-3)16(22)18(23-4)19(17)24-5/h9-10,20,22H,6-8H2,1-5H3. The molecule has 0 fully saturated rings. The minimum atomic E-state index is -0.362. The van der Waals surface area contributed by atoms with Crippen LogP contribution < -0.4 is 19.5 Å². The van der Waals surface area contributed by atoms with Crippen LogP contribution in [0.15, 0.2) is 12.1 Å². The molecule has 136 valence electrons. The molecule has 6 nitrogen and oxygen atoms in total. The van der Waals surface area contributed by atoms with E-state index in [1.807, 2.05) is 19.9 Å². The number of carbonyl (C=O) groups is 1. The van der Waals surface area contributed by atoms with Gasteiger partial charge >= 0.3 is 5.97 Å². The highest BCUT2D eigenvalue weighted by Gasteiger charge is 2.26. The van der Waals surface area contributed by atoms with E-state index in [9.17, 15) is 9.90 Å². The fourth-order valence-corrected chi connectivity index (χ4v) is 2.95. The summed E-state index contributed by atoms with van der Waals surface area (Å²) in [7, 11) is 4.67. The van der Waals surface area contributed by atoms with Crippen molar-refractivity contribution in [1.82, 2.24) is 0 Å². The molecular weight excluding hydrogens is 322 g/mol. The molecule has 2 aromatic rings. The van der Waals surface area contributed by atoms with Crippen LogP contribution in [0.1, 0.15) is 32.3 Å². The second-order valence-corrected chi connectivity index (χ2v) is 5.59. The van der Waals surface area contributed by atoms with Crippen LogP contribution in [0.4, 0.5) is 5.69 Å². The maximum Gasteiger partial charge on any atom is 0.311 e. The van der Waals surface area contributed by atoms with Gasteiger partial charge in [0, 0.05) is 24.5 Å². The molecule has 0 saturated carbocycles. The zero-order chi connectivity index (χ0) is 18.6. The molecule has 0 aliphatic carbocycles. The number of benzene rings is 2. The van der Waals surface area contributed by atoms with E-state index < -0.39 is 0 Å². The second kappa shape index (κ2) is 7.96. The van der Waals surface area contributed by atoms with E-state index in [-0.39, 0.29) is 35.4 Å². The Morgan fingerprint density at radius 2 is 1.80 bits per heavy atom. The molecule has 0 atom stereocenters. The van der Waals surface area contributed by atoms with Gasteiger partial charge in [-0.15, -0.1) is 0 Å². The predicted octanol–water partition coefficient (Wildman–Crippen LogP) is 3.87. The zero-order valence-corrected chi connectivity index (χ0v) is 15.4. The van der Waals surface area contributed by atoms with Crippen LogP contribution in [0.25, 0.3) is 10.8 Å². The van der Waals surface area contributed by atoms with E-state index in [1.165, 1.54) is 14.2 Å². The first kappa shape index (κ1) is 18.7. The summed E-state index contributed by atoms with van der Waals surface area (Å²) in [6.45, 7) is 3.94. The number of phenols is 1. The number of phenolic OH excluding ortho intramolecular Hbond substituents is 1. The monoisotopic (exact) mass is 347 g/mol. The number of aryl methyl sites for hydroxylation is 1. The minimum Gasteiger partial charge on any atom is -0.504 e. The number of methoxy groups -OCH3 is 2. The number of anilines is 1. The highest BCUT2D eigenvalue weighted by Crippen LogP contribution is 2.53. The molecule has 0 aliphatic rings. The average Bonchev–Trinajstić information content (AvgIpc) is 2.62. The minimum absolute atomic E-state index is 0.0520. The Morgan fingerprint density at radius 1 is 1.12 bits per heavy atom. The Balaban J connectivity index is 2.91. The molecule has 2 N–H and O–H groups in total. The molecule has 0 unspecified atom stereocenters. The van der Waals surface area contributed by atoms with E-state index in [0.29, 0.717) is 17.2 Å². The van der Waals surface area contributed by atoms with Gasteiger partial charge < -0.3 is 24.6 Å². The van der Waals surface area contributed by atoms with Gasteiger partial charge in [0.25, 0.3) is 0 Å². The SMILES string of the molecule is CCCC(=O)Oc1c(OC)c(OC)c(O)c2ccc(CC)c(NC)c12. The first-order valence-corrected chi connectivity index (χ1v) is 8.34. The summed E-state index contributed by atoms with van der Waals surface area (Å²) >= 11 is 0. The molecular formula is C19H25NO5. The van der Waals surface area contributed by atoms with Crippen molar-refractivity contribution in [1.29, 1.82) is 0 Å². The lowest BCUT2D eigenvalue weighted by atomic mass is 9.99. The van der Waals surface area contributed by atoms with Crippen LogP contribution in [0.2, 0.25) is 0 Å². The Kier molecular flexibility index (Phi) is 5.96. The van der Waals surface area contributed by atoms with Crippen LogP contribution in [0, 0.1) is 0 Å². The van der Waals surface area contributed by atoms with Gasteiger partial charge in [-0.05, 0) is 24.5 Å². The molecule has 0 aliphatic heterocycles. The zero-order valence-electron chi connectivity index (χ0n) is 15.4. The third kappa shape index (κ3) is 3.29. The van der Waals surface area contributed by atoms with Crippen molar-refractivity contribution in [3.05, 3.63) is 17.7 Å². The third-order valence-corrected chi connectivity index (χ3v) is 4.11. The maximum absolute atomic E-state index is 12.2. The first-order chi connectivity index (χ1) is 12.0. The summed E-state index contributed by atoms with van der Waals surface area (Å²) < 4.78 is 16.4. The van der Waals surface area contributed by atoms with Gasteiger partial charge in [-0.3, -0.25) is 4.79 Å². The van der Waals surface area contributed by atoms with Crippen molar-refractivity contribution in [2.45, 2.75) is 33.1 Å². The number of ether oxygens (including phenoxy) is 3. The van der Waals surface area contributed by atoms with Crippen LogP contribution in [0.3, 0.4) is 0 Å². The molecule has 0 heterocycles. The Hall–Kier alpha value is -2.63. The summed E-state index contributed by atoms with van der Waals surface area (Å²) in [5.41, 5.74) is 1.82. The van der Waals surface area contributed by atoms with E-state index in [0.717, 1.165) is 17.7 Å². The van der Waals surface area contributed by atoms with Crippen molar-refractivity contribution in [2.75, 3.05) is 26.6 Å². The number of rotatable bonds is 7. The van der Waals surface area contributed by atoms with Crippen molar-refractivity contribution < 1.29 is 24.1 Å². The van der Waals surface area contributed by atoms with E-state index >= 15 is 0 Å². The van der Waals surface area contributed by atoms with Gasteiger partial charge in [0.2, 0.25) is 11.5 Å². The van der Waals surface area contributed by atoms with Crippen molar-refractivity contribution in [3.63, 3.8) is 0 Å². The normalized spacial score (nSPS) is 10.6. The molecule has 0 amide bonds. The fourth-order valence-electron chi connectivity index (χ4n) is 2.95. The molecule has 25 heavy (non-hydrogen) atoms. The molecule has 0 aromatic heterocycles. The van der Waals surface area contributed by atoms with Crippen molar-refractivity contribution >= 4 is 22.4 Å². The Labute approximate surface area is 147 Å². The highest BCUT2D eigenvalue weighted by molar-refractivity contribution is 6.07. The van der Waals surface area contributed by atoms with Crippen molar-refractivity contribution in [2.24, 2.45) is 0 Å². The molecule has 2 rings (SSSR count). The summed E-state index contributed by atoms with van der Waals surface area (Å²) in [5, 5.41) is 14.9. The van der Waals surface area contributed by atoms with Crippen LogP contribution in [-0.4, -0.2) is 32.3 Å². The van der Waals surface area contributed by atoms with E-state index in [2.05, 4.69) is 5.32 Å². The van der Waals surface area contributed by atoms with Gasteiger partial charge in [-0.25, -0.2) is 0 Å². The smallest absolute Gasteiger partial charge is 0.311 e. The van der Waals surface area contributed by atoms with Gasteiger partial charge in [0.05, 0.1) is 19.6 Å². The van der Waals surface area contributed by atoms with Crippen LogP contribution in [0.5, 0.6) is 23.0 Å². The number of hydrogen-bond donors (Lipinski definition) is 2. The molecule has 0 radical (unpaired) electrons. The van der Waals surface area contributed by atoms with Crippen molar-refractivity contribution in [3.8, 4) is 23.0 Å². The summed E-state index contributed by atoms with van der Waals surface area (Å²) in [4.78, 5) is 12.2. The van der Waals surface area contributed by atoms with E-state index in [4.69, 9.17) is 14.2 Å². The number of hydrogen-bond acceptors (Lipinski definition) is 6. The van der Waals surface area contributed by atoms with Gasteiger partial charge in [-0.2, -0.15) is 0 Å². The van der Waals surface area contributed by atoms with Gasteiger partial charge in [0.1, 0.15) is 0 Å². The quantitative estimate of drug-likeness (QED) is 0.585. The van der Waals surface area contributed by atoms with E-state index in [1.54, 1.807) is 13.1 Å². The second-order valence-electron chi connectivity index (χ2n) is 5.59. The Bertz CT molecular complexity index is 785. The predicted molar refractivity (Wildman–Crippen MR) is 98.2 cm³/mol. The largest absolute Gasteiger partial charge is 0.504 e. The number of carbonyl (C=O) groups excluding carboxylic acids is 1. The first-order valence-electron chi connectivity index (χ1n) is 8.34. The van der Waals surface area contributed by atoms with Gasteiger partial charge in [0.15, 0.2) is 11.5 Å². The lowest BCUT2D eigenvalue weighted by Crippen LogP contribution is -2.10.